The number of H-pyrrole nitrogens is 1. The summed E-state index contributed by atoms with van der Waals surface area (Å²) in [7, 11) is 0. The van der Waals surface area contributed by atoms with Crippen molar-refractivity contribution >= 4 is 5.91 Å². The van der Waals surface area contributed by atoms with Crippen molar-refractivity contribution in [2.75, 3.05) is 19.8 Å². The predicted molar refractivity (Wildman–Crippen MR) is 52.2 cm³/mol. The van der Waals surface area contributed by atoms with Gasteiger partial charge >= 0.3 is 0 Å². The van der Waals surface area contributed by atoms with E-state index in [9.17, 15) is 4.79 Å². The van der Waals surface area contributed by atoms with Gasteiger partial charge in [-0.2, -0.15) is 0 Å². The molecule has 1 aromatic heterocycles. The van der Waals surface area contributed by atoms with E-state index in [1.54, 1.807) is 18.3 Å². The van der Waals surface area contributed by atoms with E-state index in [1.807, 2.05) is 0 Å². The highest BCUT2D eigenvalue weighted by Crippen LogP contribution is 2.04. The number of hydrogen-bond acceptors (Lipinski definition) is 4. The van der Waals surface area contributed by atoms with Crippen molar-refractivity contribution < 1.29 is 20.1 Å². The summed E-state index contributed by atoms with van der Waals surface area (Å²) in [6.07, 6.45) is 1.58. The molecule has 1 rings (SSSR count). The van der Waals surface area contributed by atoms with E-state index in [-0.39, 0.29) is 0 Å². The number of aromatic nitrogens is 1. The van der Waals surface area contributed by atoms with E-state index < -0.39 is 31.3 Å². The maximum absolute atomic E-state index is 11.5. The summed E-state index contributed by atoms with van der Waals surface area (Å²) in [5.41, 5.74) is -1.09. The van der Waals surface area contributed by atoms with E-state index in [0.29, 0.717) is 5.69 Å². The number of aromatic amines is 1. The van der Waals surface area contributed by atoms with E-state index in [4.69, 9.17) is 15.3 Å². The molecule has 15 heavy (non-hydrogen) atoms. The van der Waals surface area contributed by atoms with Crippen molar-refractivity contribution in [2.24, 2.45) is 0 Å². The molecule has 0 aliphatic rings. The van der Waals surface area contributed by atoms with Crippen molar-refractivity contribution in [2.45, 2.75) is 5.54 Å². The third kappa shape index (κ3) is 2.56. The fourth-order valence-electron chi connectivity index (χ4n) is 1.05. The van der Waals surface area contributed by atoms with Crippen LogP contribution in [0.3, 0.4) is 0 Å². The van der Waals surface area contributed by atoms with Gasteiger partial charge in [0.25, 0.3) is 5.91 Å². The van der Waals surface area contributed by atoms with Crippen LogP contribution in [0.1, 0.15) is 10.5 Å². The molecule has 0 saturated carbocycles. The van der Waals surface area contributed by atoms with E-state index in [2.05, 4.69) is 10.3 Å². The molecule has 6 nitrogen and oxygen atoms in total. The summed E-state index contributed by atoms with van der Waals surface area (Å²) in [5.74, 6) is -0.489. The van der Waals surface area contributed by atoms with Gasteiger partial charge in [-0.3, -0.25) is 4.79 Å². The molecule has 0 aliphatic carbocycles. The van der Waals surface area contributed by atoms with Gasteiger partial charge in [0.05, 0.1) is 19.8 Å². The molecule has 0 saturated heterocycles. The molecule has 0 radical (unpaired) electrons. The van der Waals surface area contributed by atoms with Crippen LogP contribution in [-0.2, 0) is 0 Å². The van der Waals surface area contributed by atoms with Crippen LogP contribution in [0.2, 0.25) is 0 Å². The second-order valence-corrected chi connectivity index (χ2v) is 3.29. The first-order valence-electron chi connectivity index (χ1n) is 4.46. The highest BCUT2D eigenvalue weighted by atomic mass is 16.3. The van der Waals surface area contributed by atoms with Crippen LogP contribution < -0.4 is 5.32 Å². The molecule has 1 amide bonds. The molecule has 1 heterocycles. The van der Waals surface area contributed by atoms with Crippen LogP contribution in [0.5, 0.6) is 0 Å². The smallest absolute Gasteiger partial charge is 0.268 e. The van der Waals surface area contributed by atoms with Crippen molar-refractivity contribution in [3.8, 4) is 0 Å². The second kappa shape index (κ2) is 4.92. The van der Waals surface area contributed by atoms with E-state index in [0.717, 1.165) is 0 Å². The molecule has 0 aliphatic heterocycles. The Morgan fingerprint density at radius 2 is 1.93 bits per heavy atom. The topological polar surface area (TPSA) is 106 Å². The SMILES string of the molecule is O=C(NC(CO)(CO)CO)c1ccc[nH]1. The van der Waals surface area contributed by atoms with Crippen molar-refractivity contribution in [3.05, 3.63) is 24.0 Å². The molecule has 0 atom stereocenters. The lowest BCUT2D eigenvalue weighted by Gasteiger charge is -2.28. The van der Waals surface area contributed by atoms with Gasteiger partial charge in [-0.15, -0.1) is 0 Å². The summed E-state index contributed by atoms with van der Waals surface area (Å²) >= 11 is 0. The molecule has 0 bridgehead atoms. The fourth-order valence-corrected chi connectivity index (χ4v) is 1.05. The number of hydrogen-bond donors (Lipinski definition) is 5. The molecule has 84 valence electrons. The Balaban J connectivity index is 2.71. The number of nitrogens with one attached hydrogen (secondary N) is 2. The van der Waals surface area contributed by atoms with Crippen LogP contribution in [0.25, 0.3) is 0 Å². The third-order valence-electron chi connectivity index (χ3n) is 2.13. The zero-order valence-electron chi connectivity index (χ0n) is 8.10. The predicted octanol–water partition coefficient (Wildman–Crippen LogP) is -1.54. The molecule has 5 N–H and O–H groups in total. The molecular formula is C9H14N2O4. The van der Waals surface area contributed by atoms with E-state index >= 15 is 0 Å². The lowest BCUT2D eigenvalue weighted by molar-refractivity contribution is 0.0373. The monoisotopic (exact) mass is 214 g/mol. The lowest BCUT2D eigenvalue weighted by Crippen LogP contribution is -2.57. The number of carbonyl (C=O) groups excluding carboxylic acids is 1. The first-order chi connectivity index (χ1) is 7.17. The van der Waals surface area contributed by atoms with Gasteiger partial charge in [0, 0.05) is 6.20 Å². The first-order valence-corrected chi connectivity index (χ1v) is 4.46. The van der Waals surface area contributed by atoms with Crippen LogP contribution in [0, 0.1) is 0 Å². The maximum Gasteiger partial charge on any atom is 0.268 e. The Labute approximate surface area is 86.6 Å². The van der Waals surface area contributed by atoms with Gasteiger partial charge in [0.2, 0.25) is 0 Å². The van der Waals surface area contributed by atoms with Crippen LogP contribution in [-0.4, -0.2) is 51.6 Å². The Morgan fingerprint density at radius 3 is 2.33 bits per heavy atom. The molecule has 0 unspecified atom stereocenters. The standard InChI is InChI=1S/C9H14N2O4/c12-4-9(5-13,6-14)11-8(15)7-2-1-3-10-7/h1-3,10,12-14H,4-6H2,(H,11,15). The van der Waals surface area contributed by atoms with Crippen molar-refractivity contribution in [1.29, 1.82) is 0 Å². The minimum atomic E-state index is -1.39. The summed E-state index contributed by atoms with van der Waals surface area (Å²) in [4.78, 5) is 14.2. The zero-order valence-corrected chi connectivity index (χ0v) is 8.10. The van der Waals surface area contributed by atoms with Gasteiger partial charge in [-0.05, 0) is 12.1 Å². The van der Waals surface area contributed by atoms with Gasteiger partial charge in [0.15, 0.2) is 0 Å². The number of carbonyl (C=O) groups is 1. The number of rotatable bonds is 5. The lowest BCUT2D eigenvalue weighted by atomic mass is 10.0. The average molecular weight is 214 g/mol. The van der Waals surface area contributed by atoms with Gasteiger partial charge in [-0.25, -0.2) is 0 Å². The quantitative estimate of drug-likeness (QED) is 0.409. The van der Waals surface area contributed by atoms with Crippen molar-refractivity contribution in [1.82, 2.24) is 10.3 Å². The molecule has 6 heteroatoms. The third-order valence-corrected chi connectivity index (χ3v) is 2.13. The Bertz CT molecular complexity index is 298. The maximum atomic E-state index is 11.5. The molecule has 0 aromatic carbocycles. The van der Waals surface area contributed by atoms with Crippen molar-refractivity contribution in [3.63, 3.8) is 0 Å². The number of aliphatic hydroxyl groups is 3. The molecule has 1 aromatic rings. The molecular weight excluding hydrogens is 200 g/mol. The Hall–Kier alpha value is -1.37. The van der Waals surface area contributed by atoms with Crippen LogP contribution in [0.4, 0.5) is 0 Å². The van der Waals surface area contributed by atoms with E-state index in [1.165, 1.54) is 0 Å². The zero-order chi connectivity index (χ0) is 11.3. The summed E-state index contributed by atoms with van der Waals surface area (Å²) < 4.78 is 0. The van der Waals surface area contributed by atoms with Gasteiger partial charge < -0.3 is 25.6 Å². The number of amides is 1. The minimum absolute atomic E-state index is 0.301. The normalized spacial score (nSPS) is 11.4. The Kier molecular flexibility index (Phi) is 3.84. The molecule has 0 fully saturated rings. The average Bonchev–Trinajstić information content (AvgIpc) is 2.79. The van der Waals surface area contributed by atoms with Gasteiger partial charge in [-0.1, -0.05) is 0 Å². The fraction of sp³-hybridized carbons (Fsp3) is 0.444. The summed E-state index contributed by atoms with van der Waals surface area (Å²) in [6.45, 7) is -1.61. The highest BCUT2D eigenvalue weighted by Gasteiger charge is 2.30. The van der Waals surface area contributed by atoms with Crippen LogP contribution >= 0.6 is 0 Å². The Morgan fingerprint density at radius 1 is 1.33 bits per heavy atom. The highest BCUT2D eigenvalue weighted by molar-refractivity contribution is 5.92. The minimum Gasteiger partial charge on any atom is -0.394 e. The second-order valence-electron chi connectivity index (χ2n) is 3.29. The summed E-state index contributed by atoms with van der Waals surface area (Å²) in [6, 6.07) is 3.19. The number of aliphatic hydroxyl groups excluding tert-OH is 3. The first kappa shape index (κ1) is 11.7. The van der Waals surface area contributed by atoms with Crippen LogP contribution in [0.15, 0.2) is 18.3 Å². The summed E-state index contributed by atoms with van der Waals surface area (Å²) in [5, 5.41) is 29.3. The largest absolute Gasteiger partial charge is 0.394 e. The van der Waals surface area contributed by atoms with Gasteiger partial charge in [0.1, 0.15) is 11.2 Å². The molecule has 0 spiro atoms.